The van der Waals surface area contributed by atoms with Gasteiger partial charge in [0.2, 0.25) is 0 Å². The Kier molecular flexibility index (Phi) is 3.21. The number of carboxylic acids is 1. The standard InChI is InChI=1S/C8H5F4NO3/c9-3-1-2(7(14)15)4(10)6(5(3)13)16-8(11)12/h1,8H,13H2,(H,14,15). The maximum absolute atomic E-state index is 13.2. The molecule has 0 saturated heterocycles. The molecule has 1 rings (SSSR count). The van der Waals surface area contributed by atoms with E-state index in [-0.39, 0.29) is 6.07 Å². The Hall–Kier alpha value is -1.99. The molecule has 1 aromatic rings. The van der Waals surface area contributed by atoms with Crippen molar-refractivity contribution in [2.75, 3.05) is 5.73 Å². The first-order chi connectivity index (χ1) is 7.34. The van der Waals surface area contributed by atoms with Gasteiger partial charge in [-0.25, -0.2) is 13.6 Å². The van der Waals surface area contributed by atoms with Crippen LogP contribution in [0.5, 0.6) is 5.75 Å². The monoisotopic (exact) mass is 239 g/mol. The molecule has 0 bridgehead atoms. The number of alkyl halides is 2. The van der Waals surface area contributed by atoms with Crippen molar-refractivity contribution in [3.8, 4) is 5.75 Å². The molecular formula is C8H5F4NO3. The first-order valence-electron chi connectivity index (χ1n) is 3.80. The number of halogens is 4. The first kappa shape index (κ1) is 12.1. The highest BCUT2D eigenvalue weighted by Crippen LogP contribution is 2.32. The van der Waals surface area contributed by atoms with Crippen LogP contribution in [0, 0.1) is 11.6 Å². The van der Waals surface area contributed by atoms with E-state index in [0.29, 0.717) is 0 Å². The van der Waals surface area contributed by atoms with E-state index in [9.17, 15) is 22.4 Å². The lowest BCUT2D eigenvalue weighted by atomic mass is 10.1. The molecule has 0 heterocycles. The fraction of sp³-hybridized carbons (Fsp3) is 0.125. The van der Waals surface area contributed by atoms with Gasteiger partial charge in [0.1, 0.15) is 11.3 Å². The minimum absolute atomic E-state index is 0.283. The van der Waals surface area contributed by atoms with Crippen LogP contribution in [0.4, 0.5) is 23.2 Å². The average Bonchev–Trinajstić information content (AvgIpc) is 2.17. The average molecular weight is 239 g/mol. The maximum atomic E-state index is 13.2. The molecule has 0 atom stereocenters. The van der Waals surface area contributed by atoms with E-state index in [1.807, 2.05) is 0 Å². The minimum Gasteiger partial charge on any atom is -0.478 e. The summed E-state index contributed by atoms with van der Waals surface area (Å²) in [5, 5.41) is 8.45. The molecule has 1 aromatic carbocycles. The van der Waals surface area contributed by atoms with Gasteiger partial charge < -0.3 is 15.6 Å². The van der Waals surface area contributed by atoms with E-state index in [0.717, 1.165) is 0 Å². The SMILES string of the molecule is Nc1c(F)cc(C(=O)O)c(F)c1OC(F)F. The molecular weight excluding hydrogens is 234 g/mol. The number of anilines is 1. The van der Waals surface area contributed by atoms with E-state index in [1.54, 1.807) is 0 Å². The predicted molar refractivity (Wildman–Crippen MR) is 44.4 cm³/mol. The van der Waals surface area contributed by atoms with Crippen molar-refractivity contribution in [3.05, 3.63) is 23.3 Å². The lowest BCUT2D eigenvalue weighted by Gasteiger charge is -2.10. The second kappa shape index (κ2) is 4.25. The number of rotatable bonds is 3. The van der Waals surface area contributed by atoms with Gasteiger partial charge in [0.25, 0.3) is 0 Å². The van der Waals surface area contributed by atoms with Crippen molar-refractivity contribution >= 4 is 11.7 Å². The lowest BCUT2D eigenvalue weighted by Crippen LogP contribution is -2.11. The fourth-order valence-electron chi connectivity index (χ4n) is 0.977. The molecule has 8 heteroatoms. The topological polar surface area (TPSA) is 72.6 Å². The number of ether oxygens (including phenoxy) is 1. The van der Waals surface area contributed by atoms with Gasteiger partial charge in [-0.15, -0.1) is 0 Å². The Bertz CT molecular complexity index is 436. The Balaban J connectivity index is 3.39. The molecule has 3 N–H and O–H groups in total. The molecule has 0 spiro atoms. The number of carbonyl (C=O) groups is 1. The van der Waals surface area contributed by atoms with Gasteiger partial charge in [0.05, 0.1) is 0 Å². The number of aromatic carboxylic acids is 1. The Labute approximate surface area is 86.2 Å². The lowest BCUT2D eigenvalue weighted by molar-refractivity contribution is -0.0519. The van der Waals surface area contributed by atoms with Gasteiger partial charge in [0, 0.05) is 0 Å². The predicted octanol–water partition coefficient (Wildman–Crippen LogP) is 1.85. The highest BCUT2D eigenvalue weighted by molar-refractivity contribution is 5.89. The third-order valence-corrected chi connectivity index (χ3v) is 1.65. The first-order valence-corrected chi connectivity index (χ1v) is 3.80. The number of nitrogen functional groups attached to an aromatic ring is 1. The van der Waals surface area contributed by atoms with Crippen molar-refractivity contribution in [2.45, 2.75) is 6.61 Å². The van der Waals surface area contributed by atoms with Crippen molar-refractivity contribution < 1.29 is 32.2 Å². The molecule has 88 valence electrons. The van der Waals surface area contributed by atoms with E-state index >= 15 is 0 Å². The molecule has 0 aliphatic rings. The van der Waals surface area contributed by atoms with Crippen LogP contribution in [0.2, 0.25) is 0 Å². The molecule has 4 nitrogen and oxygen atoms in total. The Morgan fingerprint density at radius 2 is 2.00 bits per heavy atom. The molecule has 0 aliphatic heterocycles. The van der Waals surface area contributed by atoms with E-state index in [2.05, 4.69) is 4.74 Å². The minimum atomic E-state index is -3.44. The third-order valence-electron chi connectivity index (χ3n) is 1.65. The summed E-state index contributed by atoms with van der Waals surface area (Å²) in [6, 6.07) is 0.283. The molecule has 0 aromatic heterocycles. The van der Waals surface area contributed by atoms with Crippen LogP contribution < -0.4 is 10.5 Å². The number of carboxylic acid groups (broad SMARTS) is 1. The number of hydrogen-bond acceptors (Lipinski definition) is 3. The zero-order chi connectivity index (χ0) is 12.5. The van der Waals surface area contributed by atoms with Crippen LogP contribution in [0.25, 0.3) is 0 Å². The summed E-state index contributed by atoms with van der Waals surface area (Å²) in [6.07, 6.45) is 0. The Morgan fingerprint density at radius 3 is 2.44 bits per heavy atom. The van der Waals surface area contributed by atoms with E-state index in [1.165, 1.54) is 0 Å². The summed E-state index contributed by atoms with van der Waals surface area (Å²) in [5.74, 6) is -6.14. The van der Waals surface area contributed by atoms with Gasteiger partial charge in [0.15, 0.2) is 17.4 Å². The van der Waals surface area contributed by atoms with Gasteiger partial charge in [-0.2, -0.15) is 8.78 Å². The van der Waals surface area contributed by atoms with Crippen LogP contribution in [-0.4, -0.2) is 17.7 Å². The van der Waals surface area contributed by atoms with Crippen molar-refractivity contribution in [1.29, 1.82) is 0 Å². The highest BCUT2D eigenvalue weighted by Gasteiger charge is 2.24. The Morgan fingerprint density at radius 1 is 1.44 bits per heavy atom. The maximum Gasteiger partial charge on any atom is 0.387 e. The van der Waals surface area contributed by atoms with Crippen LogP contribution in [0.1, 0.15) is 10.4 Å². The van der Waals surface area contributed by atoms with Crippen LogP contribution in [-0.2, 0) is 0 Å². The van der Waals surface area contributed by atoms with Crippen LogP contribution in [0.3, 0.4) is 0 Å². The molecule has 0 saturated carbocycles. The van der Waals surface area contributed by atoms with Gasteiger partial charge in [-0.1, -0.05) is 0 Å². The molecule has 0 radical (unpaired) electrons. The fourth-order valence-corrected chi connectivity index (χ4v) is 0.977. The number of benzene rings is 1. The largest absolute Gasteiger partial charge is 0.478 e. The summed E-state index contributed by atoms with van der Waals surface area (Å²) in [7, 11) is 0. The summed E-state index contributed by atoms with van der Waals surface area (Å²) >= 11 is 0. The smallest absolute Gasteiger partial charge is 0.387 e. The zero-order valence-electron chi connectivity index (χ0n) is 7.51. The molecule has 0 amide bonds. The summed E-state index contributed by atoms with van der Waals surface area (Å²) in [6.45, 7) is -3.44. The summed E-state index contributed by atoms with van der Waals surface area (Å²) < 4.78 is 53.5. The van der Waals surface area contributed by atoms with Gasteiger partial charge >= 0.3 is 12.6 Å². The number of hydrogen-bond donors (Lipinski definition) is 2. The summed E-state index contributed by atoms with van der Waals surface area (Å²) in [4.78, 5) is 10.4. The molecule has 0 unspecified atom stereocenters. The van der Waals surface area contributed by atoms with Gasteiger partial charge in [-0.3, -0.25) is 0 Å². The second-order valence-electron chi connectivity index (χ2n) is 2.65. The van der Waals surface area contributed by atoms with E-state index in [4.69, 9.17) is 10.8 Å². The van der Waals surface area contributed by atoms with Gasteiger partial charge in [-0.05, 0) is 6.07 Å². The van der Waals surface area contributed by atoms with Crippen molar-refractivity contribution in [3.63, 3.8) is 0 Å². The number of nitrogens with two attached hydrogens (primary N) is 1. The molecule has 16 heavy (non-hydrogen) atoms. The third kappa shape index (κ3) is 2.15. The molecule has 0 fully saturated rings. The van der Waals surface area contributed by atoms with Crippen molar-refractivity contribution in [1.82, 2.24) is 0 Å². The quantitative estimate of drug-likeness (QED) is 0.623. The normalized spacial score (nSPS) is 10.6. The highest BCUT2D eigenvalue weighted by atomic mass is 19.3. The zero-order valence-corrected chi connectivity index (χ0v) is 7.51. The van der Waals surface area contributed by atoms with Crippen LogP contribution in [0.15, 0.2) is 6.07 Å². The van der Waals surface area contributed by atoms with Crippen LogP contribution >= 0.6 is 0 Å². The second-order valence-corrected chi connectivity index (χ2v) is 2.65. The molecule has 0 aliphatic carbocycles. The summed E-state index contributed by atoms with van der Waals surface area (Å²) in [5.41, 5.74) is 2.79. The van der Waals surface area contributed by atoms with Crippen molar-refractivity contribution in [2.24, 2.45) is 0 Å². The van der Waals surface area contributed by atoms with E-state index < -0.39 is 41.2 Å².